The first-order chi connectivity index (χ1) is 17.5. The van der Waals surface area contributed by atoms with Gasteiger partial charge in [-0.1, -0.05) is 18.2 Å². The fourth-order valence-electron chi connectivity index (χ4n) is 5.23. The lowest BCUT2D eigenvalue weighted by Gasteiger charge is -2.41. The number of fused-ring (bicyclic) bond motifs is 1. The topological polar surface area (TPSA) is 70.5 Å². The summed E-state index contributed by atoms with van der Waals surface area (Å²) in [6, 6.07) is 12.7. The highest BCUT2D eigenvalue weighted by molar-refractivity contribution is 7.07. The molecule has 2 aromatic heterocycles. The number of carbonyl (C=O) groups excluding carboxylic acids is 2. The molecule has 6 rings (SSSR count). The smallest absolute Gasteiger partial charge is 0.273 e. The summed E-state index contributed by atoms with van der Waals surface area (Å²) in [6.07, 6.45) is 2.87. The highest BCUT2D eigenvalue weighted by Gasteiger charge is 2.35. The van der Waals surface area contributed by atoms with Crippen LogP contribution in [0.3, 0.4) is 0 Å². The van der Waals surface area contributed by atoms with Crippen molar-refractivity contribution in [2.24, 2.45) is 7.05 Å². The molecule has 184 valence electrons. The molecule has 2 saturated heterocycles. The van der Waals surface area contributed by atoms with Gasteiger partial charge < -0.3 is 19.7 Å². The van der Waals surface area contributed by atoms with Crippen LogP contribution in [0.2, 0.25) is 0 Å². The van der Waals surface area contributed by atoms with E-state index in [0.717, 1.165) is 35.0 Å². The molecule has 9 heteroatoms. The molecule has 0 spiro atoms. The number of thiazole rings is 1. The molecule has 0 saturated carbocycles. The molecule has 4 aromatic rings. The van der Waals surface area contributed by atoms with Gasteiger partial charge in [0, 0.05) is 78.9 Å². The summed E-state index contributed by atoms with van der Waals surface area (Å²) in [5.41, 5.74) is 5.53. The van der Waals surface area contributed by atoms with Crippen molar-refractivity contribution in [2.75, 3.05) is 26.2 Å². The predicted molar refractivity (Wildman–Crippen MR) is 138 cm³/mol. The van der Waals surface area contributed by atoms with Crippen LogP contribution in [0, 0.1) is 5.82 Å². The van der Waals surface area contributed by atoms with E-state index in [1.54, 1.807) is 17.0 Å². The number of halogens is 1. The standard InChI is InChI=1S/C27H26FN5O2S/c1-31-14-23(17-3-2-4-19(28)9-17)22-6-5-18(10-25(22)31)26(34)33-12-21(13-33)30-20-7-8-32(11-20)27(35)24-15-36-16-29-24/h2-6,9-10,14-16,20-21,30H,7-8,11-13H2,1H3/t20-/m0/s1. The first kappa shape index (κ1) is 22.9. The van der Waals surface area contributed by atoms with Crippen molar-refractivity contribution in [2.45, 2.75) is 18.5 Å². The normalized spacial score (nSPS) is 18.1. The van der Waals surface area contributed by atoms with Gasteiger partial charge in [-0.3, -0.25) is 9.59 Å². The SMILES string of the molecule is Cn1cc(-c2cccc(F)c2)c2ccc(C(=O)N3CC(N[C@H]4CCN(C(=O)c5cscn5)C4)C3)cc21. The molecule has 0 aliphatic carbocycles. The highest BCUT2D eigenvalue weighted by atomic mass is 32.1. The lowest BCUT2D eigenvalue weighted by molar-refractivity contribution is 0.0553. The number of nitrogens with one attached hydrogen (secondary N) is 1. The molecule has 0 radical (unpaired) electrons. The fourth-order valence-corrected chi connectivity index (χ4v) is 5.76. The number of hydrogen-bond acceptors (Lipinski definition) is 5. The van der Waals surface area contributed by atoms with Gasteiger partial charge in [0.25, 0.3) is 11.8 Å². The molecule has 4 heterocycles. The van der Waals surface area contributed by atoms with Gasteiger partial charge in [0.1, 0.15) is 11.5 Å². The Morgan fingerprint density at radius 1 is 1.06 bits per heavy atom. The van der Waals surface area contributed by atoms with E-state index in [0.29, 0.717) is 30.9 Å². The van der Waals surface area contributed by atoms with E-state index in [-0.39, 0.29) is 29.7 Å². The summed E-state index contributed by atoms with van der Waals surface area (Å²) in [4.78, 5) is 33.5. The molecule has 2 aliphatic heterocycles. The minimum Gasteiger partial charge on any atom is -0.350 e. The van der Waals surface area contributed by atoms with Crippen molar-refractivity contribution in [3.8, 4) is 11.1 Å². The third-order valence-electron chi connectivity index (χ3n) is 7.14. The number of hydrogen-bond donors (Lipinski definition) is 1. The van der Waals surface area contributed by atoms with Gasteiger partial charge in [0.05, 0.1) is 5.51 Å². The average Bonchev–Trinajstić information content (AvgIpc) is 3.61. The number of aromatic nitrogens is 2. The van der Waals surface area contributed by atoms with Crippen LogP contribution in [0.4, 0.5) is 4.39 Å². The van der Waals surface area contributed by atoms with E-state index >= 15 is 0 Å². The second kappa shape index (κ2) is 9.15. The summed E-state index contributed by atoms with van der Waals surface area (Å²) in [5.74, 6) is -0.272. The number of amides is 2. The Balaban J connectivity index is 1.08. The summed E-state index contributed by atoms with van der Waals surface area (Å²) in [7, 11) is 1.94. The van der Waals surface area contributed by atoms with Crippen molar-refractivity contribution in [1.82, 2.24) is 24.7 Å². The first-order valence-electron chi connectivity index (χ1n) is 12.0. The van der Waals surface area contributed by atoms with Crippen molar-refractivity contribution in [3.05, 3.63) is 76.6 Å². The molecule has 7 nitrogen and oxygen atoms in total. The van der Waals surface area contributed by atoms with Crippen molar-refractivity contribution >= 4 is 34.1 Å². The van der Waals surface area contributed by atoms with E-state index in [1.165, 1.54) is 23.5 Å². The Kier molecular flexibility index (Phi) is 5.81. The maximum absolute atomic E-state index is 13.8. The molecule has 2 amide bonds. The van der Waals surface area contributed by atoms with Crippen molar-refractivity contribution in [1.29, 1.82) is 0 Å². The lowest BCUT2D eigenvalue weighted by atomic mass is 10.0. The summed E-state index contributed by atoms with van der Waals surface area (Å²) < 4.78 is 15.7. The molecular formula is C27H26FN5O2S. The van der Waals surface area contributed by atoms with Gasteiger partial charge in [-0.2, -0.15) is 0 Å². The Morgan fingerprint density at radius 3 is 2.67 bits per heavy atom. The van der Waals surface area contributed by atoms with Crippen LogP contribution < -0.4 is 5.32 Å². The number of carbonyl (C=O) groups is 2. The zero-order valence-electron chi connectivity index (χ0n) is 19.9. The maximum Gasteiger partial charge on any atom is 0.273 e. The Morgan fingerprint density at radius 2 is 1.89 bits per heavy atom. The Labute approximate surface area is 212 Å². The van der Waals surface area contributed by atoms with E-state index in [1.807, 2.05) is 51.9 Å². The minimum absolute atomic E-state index is 0.00946. The second-order valence-corrected chi connectivity index (χ2v) is 10.3. The van der Waals surface area contributed by atoms with Crippen LogP contribution in [0.1, 0.15) is 27.3 Å². The summed E-state index contributed by atoms with van der Waals surface area (Å²) in [6.45, 7) is 2.68. The van der Waals surface area contributed by atoms with Gasteiger partial charge in [-0.25, -0.2) is 9.37 Å². The Bertz CT molecular complexity index is 1440. The van der Waals surface area contributed by atoms with Gasteiger partial charge in [-0.05, 0) is 36.2 Å². The van der Waals surface area contributed by atoms with Crippen molar-refractivity contribution < 1.29 is 14.0 Å². The molecule has 2 aliphatic rings. The van der Waals surface area contributed by atoms with Crippen LogP contribution >= 0.6 is 11.3 Å². The van der Waals surface area contributed by atoms with Crippen LogP contribution in [-0.4, -0.2) is 69.4 Å². The Hall–Kier alpha value is -3.56. The number of aryl methyl sites for hydroxylation is 1. The molecule has 1 atom stereocenters. The van der Waals surface area contributed by atoms with Gasteiger partial charge >= 0.3 is 0 Å². The number of benzene rings is 2. The fraction of sp³-hybridized carbons (Fsp3) is 0.296. The quantitative estimate of drug-likeness (QED) is 0.450. The number of rotatable bonds is 5. The van der Waals surface area contributed by atoms with E-state index < -0.39 is 0 Å². The molecule has 0 bridgehead atoms. The highest BCUT2D eigenvalue weighted by Crippen LogP contribution is 2.31. The molecule has 0 unspecified atom stereocenters. The minimum atomic E-state index is -0.270. The summed E-state index contributed by atoms with van der Waals surface area (Å²) >= 11 is 1.43. The third-order valence-corrected chi connectivity index (χ3v) is 7.73. The molecule has 2 fully saturated rings. The van der Waals surface area contributed by atoms with Crippen LogP contribution in [0.15, 0.2) is 59.6 Å². The van der Waals surface area contributed by atoms with Crippen LogP contribution in [-0.2, 0) is 7.05 Å². The largest absolute Gasteiger partial charge is 0.350 e. The maximum atomic E-state index is 13.8. The third kappa shape index (κ3) is 4.18. The predicted octanol–water partition coefficient (Wildman–Crippen LogP) is 3.77. The molecule has 2 aromatic carbocycles. The van der Waals surface area contributed by atoms with Gasteiger partial charge in [0.15, 0.2) is 0 Å². The van der Waals surface area contributed by atoms with E-state index in [4.69, 9.17) is 0 Å². The van der Waals surface area contributed by atoms with Crippen molar-refractivity contribution in [3.63, 3.8) is 0 Å². The molecule has 36 heavy (non-hydrogen) atoms. The first-order valence-corrected chi connectivity index (χ1v) is 13.0. The monoisotopic (exact) mass is 503 g/mol. The second-order valence-electron chi connectivity index (χ2n) is 9.58. The lowest BCUT2D eigenvalue weighted by Crippen LogP contribution is -2.62. The summed E-state index contributed by atoms with van der Waals surface area (Å²) in [5, 5.41) is 6.38. The zero-order chi connectivity index (χ0) is 24.8. The number of likely N-dealkylation sites (tertiary alicyclic amines) is 2. The average molecular weight is 504 g/mol. The van der Waals surface area contributed by atoms with Crippen LogP contribution in [0.5, 0.6) is 0 Å². The molecular weight excluding hydrogens is 477 g/mol. The zero-order valence-corrected chi connectivity index (χ0v) is 20.7. The van der Waals surface area contributed by atoms with E-state index in [2.05, 4.69) is 10.3 Å². The van der Waals surface area contributed by atoms with Gasteiger partial charge in [-0.15, -0.1) is 11.3 Å². The number of nitrogens with zero attached hydrogens (tertiary/aromatic N) is 4. The van der Waals surface area contributed by atoms with Gasteiger partial charge in [0.2, 0.25) is 0 Å². The van der Waals surface area contributed by atoms with E-state index in [9.17, 15) is 14.0 Å². The molecule has 1 N–H and O–H groups in total. The van der Waals surface area contributed by atoms with Crippen LogP contribution in [0.25, 0.3) is 22.0 Å².